The van der Waals surface area contributed by atoms with Crippen molar-refractivity contribution in [1.82, 2.24) is 0 Å². The van der Waals surface area contributed by atoms with Gasteiger partial charge in [0.15, 0.2) is 5.78 Å². The molecule has 88 valence electrons. The fourth-order valence-electron chi connectivity index (χ4n) is 1.41. The van der Waals surface area contributed by atoms with Crippen molar-refractivity contribution in [1.29, 1.82) is 0 Å². The molecule has 0 aliphatic heterocycles. The molecule has 0 spiro atoms. The normalized spacial score (nSPS) is 10.5. The van der Waals surface area contributed by atoms with E-state index in [0.717, 1.165) is 10.6 Å². The second-order valence-electron chi connectivity index (χ2n) is 4.08. The number of hydrogen-bond donors (Lipinski definition) is 0. The molecule has 0 atom stereocenters. The van der Waals surface area contributed by atoms with Crippen molar-refractivity contribution in [3.05, 3.63) is 24.3 Å². The summed E-state index contributed by atoms with van der Waals surface area (Å²) in [7, 11) is 0. The molecule has 0 heterocycles. The lowest BCUT2D eigenvalue weighted by Crippen LogP contribution is -2.13. The van der Waals surface area contributed by atoms with Gasteiger partial charge in [-0.3, -0.25) is 4.79 Å². The van der Waals surface area contributed by atoms with Crippen molar-refractivity contribution in [3.63, 3.8) is 0 Å². The Kier molecular flexibility index (Phi) is 5.39. The zero-order valence-electron chi connectivity index (χ0n) is 10.0. The number of carbonyl (C=O) groups is 1. The standard InChI is InChI=1S/C13H18O2S/c1-10(2)8-11(14)9-15-12-6-4-5-7-13(12)16-3/h4-7,10H,8-9H2,1-3H3. The second kappa shape index (κ2) is 6.59. The van der Waals surface area contributed by atoms with Gasteiger partial charge in [0.1, 0.15) is 12.4 Å². The average molecular weight is 238 g/mol. The van der Waals surface area contributed by atoms with Gasteiger partial charge in [-0.1, -0.05) is 26.0 Å². The SMILES string of the molecule is CSc1ccccc1OCC(=O)CC(C)C. The summed E-state index contributed by atoms with van der Waals surface area (Å²) in [6, 6.07) is 7.78. The lowest BCUT2D eigenvalue weighted by atomic mass is 10.1. The van der Waals surface area contributed by atoms with E-state index in [0.29, 0.717) is 12.3 Å². The van der Waals surface area contributed by atoms with E-state index in [2.05, 4.69) is 0 Å². The van der Waals surface area contributed by atoms with E-state index in [1.165, 1.54) is 0 Å². The van der Waals surface area contributed by atoms with Crippen molar-refractivity contribution in [2.75, 3.05) is 12.9 Å². The molecule has 0 radical (unpaired) electrons. The Morgan fingerprint density at radius 2 is 2.06 bits per heavy atom. The van der Waals surface area contributed by atoms with E-state index in [1.54, 1.807) is 11.8 Å². The third kappa shape index (κ3) is 4.27. The number of carbonyl (C=O) groups excluding carboxylic acids is 1. The van der Waals surface area contributed by atoms with Crippen LogP contribution in [0, 0.1) is 5.92 Å². The van der Waals surface area contributed by atoms with Crippen LogP contribution >= 0.6 is 11.8 Å². The van der Waals surface area contributed by atoms with E-state index in [4.69, 9.17) is 4.74 Å². The van der Waals surface area contributed by atoms with Crippen molar-refractivity contribution in [2.24, 2.45) is 5.92 Å². The van der Waals surface area contributed by atoms with Crippen LogP contribution in [0.5, 0.6) is 5.75 Å². The predicted molar refractivity (Wildman–Crippen MR) is 68.2 cm³/mol. The summed E-state index contributed by atoms with van der Waals surface area (Å²) in [6.07, 6.45) is 2.58. The van der Waals surface area contributed by atoms with Gasteiger partial charge >= 0.3 is 0 Å². The molecule has 1 aromatic carbocycles. The van der Waals surface area contributed by atoms with Crippen LogP contribution < -0.4 is 4.74 Å². The molecule has 0 saturated heterocycles. The summed E-state index contributed by atoms with van der Waals surface area (Å²) >= 11 is 1.62. The van der Waals surface area contributed by atoms with Crippen LogP contribution in [0.2, 0.25) is 0 Å². The van der Waals surface area contributed by atoms with Crippen LogP contribution in [0.25, 0.3) is 0 Å². The van der Waals surface area contributed by atoms with Gasteiger partial charge in [0.2, 0.25) is 0 Å². The molecule has 0 saturated carbocycles. The van der Waals surface area contributed by atoms with Crippen LogP contribution in [-0.2, 0) is 4.79 Å². The Morgan fingerprint density at radius 1 is 1.38 bits per heavy atom. The number of ether oxygens (including phenoxy) is 1. The zero-order chi connectivity index (χ0) is 12.0. The van der Waals surface area contributed by atoms with Gasteiger partial charge in [0.05, 0.1) is 0 Å². The first-order valence-electron chi connectivity index (χ1n) is 5.41. The van der Waals surface area contributed by atoms with Crippen molar-refractivity contribution >= 4 is 17.5 Å². The molecular weight excluding hydrogens is 220 g/mol. The van der Waals surface area contributed by atoms with E-state index in [9.17, 15) is 4.79 Å². The Hall–Kier alpha value is -0.960. The van der Waals surface area contributed by atoms with Gasteiger partial charge in [0.25, 0.3) is 0 Å². The van der Waals surface area contributed by atoms with E-state index in [-0.39, 0.29) is 12.4 Å². The van der Waals surface area contributed by atoms with Crippen LogP contribution in [0.15, 0.2) is 29.2 Å². The average Bonchev–Trinajstić information content (AvgIpc) is 2.26. The number of rotatable bonds is 6. The summed E-state index contributed by atoms with van der Waals surface area (Å²) < 4.78 is 5.52. The van der Waals surface area contributed by atoms with Gasteiger partial charge in [-0.05, 0) is 24.3 Å². The number of thioether (sulfide) groups is 1. The Morgan fingerprint density at radius 3 is 2.69 bits per heavy atom. The molecule has 0 bridgehead atoms. The highest BCUT2D eigenvalue weighted by Crippen LogP contribution is 2.26. The van der Waals surface area contributed by atoms with Gasteiger partial charge in [-0.15, -0.1) is 11.8 Å². The lowest BCUT2D eigenvalue weighted by Gasteiger charge is -2.09. The number of Topliss-reactive ketones (excluding diaryl/α,β-unsaturated/α-hetero) is 1. The fraction of sp³-hybridized carbons (Fsp3) is 0.462. The minimum absolute atomic E-state index is 0.158. The second-order valence-corrected chi connectivity index (χ2v) is 4.92. The number of hydrogen-bond acceptors (Lipinski definition) is 3. The van der Waals surface area contributed by atoms with E-state index >= 15 is 0 Å². The monoisotopic (exact) mass is 238 g/mol. The molecule has 1 aromatic rings. The molecule has 0 amide bonds. The van der Waals surface area contributed by atoms with Crippen molar-refractivity contribution in [3.8, 4) is 5.75 Å². The van der Waals surface area contributed by atoms with Crippen LogP contribution in [-0.4, -0.2) is 18.6 Å². The third-order valence-corrected chi connectivity index (χ3v) is 2.87. The minimum atomic E-state index is 0.158. The summed E-state index contributed by atoms with van der Waals surface area (Å²) in [5.74, 6) is 1.35. The zero-order valence-corrected chi connectivity index (χ0v) is 10.8. The largest absolute Gasteiger partial charge is 0.485 e. The fourth-order valence-corrected chi connectivity index (χ4v) is 1.95. The molecule has 3 heteroatoms. The number of para-hydroxylation sites is 1. The summed E-state index contributed by atoms with van der Waals surface area (Å²) in [4.78, 5) is 12.6. The van der Waals surface area contributed by atoms with Gasteiger partial charge in [0, 0.05) is 11.3 Å². The van der Waals surface area contributed by atoms with Gasteiger partial charge < -0.3 is 4.74 Å². The molecule has 0 aromatic heterocycles. The Labute approximate surface area is 101 Å². The molecule has 1 rings (SSSR count). The molecule has 0 fully saturated rings. The van der Waals surface area contributed by atoms with Crippen molar-refractivity contribution < 1.29 is 9.53 Å². The Balaban J connectivity index is 2.51. The molecule has 0 aliphatic rings. The maximum Gasteiger partial charge on any atom is 0.170 e. The predicted octanol–water partition coefficient (Wildman–Crippen LogP) is 3.40. The van der Waals surface area contributed by atoms with Crippen LogP contribution in [0.1, 0.15) is 20.3 Å². The van der Waals surface area contributed by atoms with E-state index in [1.807, 2.05) is 44.4 Å². The molecule has 0 N–H and O–H groups in total. The number of benzene rings is 1. The first-order valence-corrected chi connectivity index (χ1v) is 6.63. The van der Waals surface area contributed by atoms with Gasteiger partial charge in [-0.2, -0.15) is 0 Å². The van der Waals surface area contributed by atoms with Crippen LogP contribution in [0.4, 0.5) is 0 Å². The number of ketones is 1. The van der Waals surface area contributed by atoms with E-state index < -0.39 is 0 Å². The quantitative estimate of drug-likeness (QED) is 0.710. The molecule has 0 unspecified atom stereocenters. The molecule has 16 heavy (non-hydrogen) atoms. The maximum atomic E-state index is 11.5. The highest BCUT2D eigenvalue weighted by atomic mass is 32.2. The maximum absolute atomic E-state index is 11.5. The highest BCUT2D eigenvalue weighted by Gasteiger charge is 2.07. The summed E-state index contributed by atoms with van der Waals surface area (Å²) in [5, 5.41) is 0. The Bertz CT molecular complexity index is 348. The highest BCUT2D eigenvalue weighted by molar-refractivity contribution is 7.98. The topological polar surface area (TPSA) is 26.3 Å². The minimum Gasteiger partial charge on any atom is -0.485 e. The molecular formula is C13H18O2S. The summed E-state index contributed by atoms with van der Waals surface area (Å²) in [5.41, 5.74) is 0. The lowest BCUT2D eigenvalue weighted by molar-refractivity contribution is -0.121. The van der Waals surface area contributed by atoms with Crippen LogP contribution in [0.3, 0.4) is 0 Å². The summed E-state index contributed by atoms with van der Waals surface area (Å²) in [6.45, 7) is 4.25. The first-order chi connectivity index (χ1) is 7.63. The van der Waals surface area contributed by atoms with Gasteiger partial charge in [-0.25, -0.2) is 0 Å². The first kappa shape index (κ1) is 13.1. The third-order valence-electron chi connectivity index (χ3n) is 2.09. The van der Waals surface area contributed by atoms with Crippen molar-refractivity contribution in [2.45, 2.75) is 25.2 Å². The molecule has 0 aliphatic carbocycles. The smallest absolute Gasteiger partial charge is 0.170 e. The molecule has 2 nitrogen and oxygen atoms in total.